The van der Waals surface area contributed by atoms with E-state index < -0.39 is 12.3 Å². The maximum absolute atomic E-state index is 12.8. The van der Waals surface area contributed by atoms with E-state index in [1.807, 2.05) is 30.3 Å². The number of hydrogen-bond acceptors (Lipinski definition) is 5. The van der Waals surface area contributed by atoms with E-state index in [9.17, 15) is 15.0 Å². The highest BCUT2D eigenvalue weighted by Gasteiger charge is 2.15. The third-order valence-electron chi connectivity index (χ3n) is 5.25. The molecule has 0 unspecified atom stereocenters. The van der Waals surface area contributed by atoms with E-state index in [-0.39, 0.29) is 0 Å². The van der Waals surface area contributed by atoms with Crippen LogP contribution in [-0.2, 0) is 0 Å². The summed E-state index contributed by atoms with van der Waals surface area (Å²) in [4.78, 5) is 12.8. The number of carbonyl (C=O) groups excluding carboxylic acids is 1. The number of carbonyl (C=O) groups is 1. The highest BCUT2D eigenvalue weighted by molar-refractivity contribution is 6.07. The standard InChI is InChI=1S/C26H30O5/c1-2-3-4-5-6-9-18-30-24-17-16-23(21-10-7-8-11-22(21)24)26(29)31-20-14-12-19(13-15-20)25(27)28/h7-8,10-17,25,27-28H,2-6,9,18H2,1H3. The van der Waals surface area contributed by atoms with Gasteiger partial charge < -0.3 is 19.7 Å². The number of aliphatic hydroxyl groups is 2. The van der Waals surface area contributed by atoms with Gasteiger partial charge in [0.05, 0.1) is 12.2 Å². The van der Waals surface area contributed by atoms with Gasteiger partial charge in [0, 0.05) is 10.9 Å². The first-order chi connectivity index (χ1) is 15.1. The van der Waals surface area contributed by atoms with Gasteiger partial charge in [0.15, 0.2) is 6.29 Å². The minimum absolute atomic E-state index is 0.331. The predicted octanol–water partition coefficient (Wildman–Crippen LogP) is 5.78. The van der Waals surface area contributed by atoms with Crippen molar-refractivity contribution in [2.75, 3.05) is 6.61 Å². The van der Waals surface area contributed by atoms with Gasteiger partial charge in [0.1, 0.15) is 11.5 Å². The fourth-order valence-electron chi connectivity index (χ4n) is 3.51. The fourth-order valence-corrected chi connectivity index (χ4v) is 3.51. The second kappa shape index (κ2) is 11.5. The van der Waals surface area contributed by atoms with Crippen LogP contribution in [0.15, 0.2) is 60.7 Å². The first-order valence-corrected chi connectivity index (χ1v) is 10.9. The van der Waals surface area contributed by atoms with Crippen molar-refractivity contribution in [1.29, 1.82) is 0 Å². The number of hydrogen-bond donors (Lipinski definition) is 2. The molecule has 5 nitrogen and oxygen atoms in total. The van der Waals surface area contributed by atoms with Crippen molar-refractivity contribution >= 4 is 16.7 Å². The second-order valence-corrected chi connectivity index (χ2v) is 7.61. The summed E-state index contributed by atoms with van der Waals surface area (Å²) in [5.74, 6) is 0.625. The highest BCUT2D eigenvalue weighted by Crippen LogP contribution is 2.30. The number of esters is 1. The van der Waals surface area contributed by atoms with Crippen LogP contribution in [-0.4, -0.2) is 22.8 Å². The van der Waals surface area contributed by atoms with Gasteiger partial charge in [-0.25, -0.2) is 4.79 Å². The number of fused-ring (bicyclic) bond motifs is 1. The lowest BCUT2D eigenvalue weighted by atomic mass is 10.0. The Kier molecular flexibility index (Phi) is 8.44. The molecule has 0 aliphatic heterocycles. The summed E-state index contributed by atoms with van der Waals surface area (Å²) in [5, 5.41) is 20.0. The molecule has 31 heavy (non-hydrogen) atoms. The van der Waals surface area contributed by atoms with Crippen molar-refractivity contribution in [3.05, 3.63) is 71.8 Å². The highest BCUT2D eigenvalue weighted by atomic mass is 16.5. The molecule has 0 atom stereocenters. The Morgan fingerprint density at radius 2 is 1.52 bits per heavy atom. The predicted molar refractivity (Wildman–Crippen MR) is 121 cm³/mol. The topological polar surface area (TPSA) is 76.0 Å². The van der Waals surface area contributed by atoms with Crippen molar-refractivity contribution in [2.45, 2.75) is 51.7 Å². The Bertz CT molecular complexity index is 979. The van der Waals surface area contributed by atoms with Gasteiger partial charge >= 0.3 is 5.97 Å². The summed E-state index contributed by atoms with van der Waals surface area (Å²) in [6.07, 6.45) is 5.66. The van der Waals surface area contributed by atoms with Gasteiger partial charge in [0.2, 0.25) is 0 Å². The maximum atomic E-state index is 12.8. The van der Waals surface area contributed by atoms with E-state index in [4.69, 9.17) is 9.47 Å². The first-order valence-electron chi connectivity index (χ1n) is 10.9. The zero-order valence-electron chi connectivity index (χ0n) is 17.9. The average molecular weight is 423 g/mol. The molecule has 0 radical (unpaired) electrons. The molecule has 3 aromatic rings. The largest absolute Gasteiger partial charge is 0.493 e. The van der Waals surface area contributed by atoms with Crippen LogP contribution in [0.25, 0.3) is 10.8 Å². The van der Waals surface area contributed by atoms with Crippen LogP contribution in [0, 0.1) is 0 Å². The molecule has 0 saturated carbocycles. The summed E-state index contributed by atoms with van der Waals surface area (Å²) in [7, 11) is 0. The van der Waals surface area contributed by atoms with Crippen LogP contribution >= 0.6 is 0 Å². The number of unbranched alkanes of at least 4 members (excludes halogenated alkanes) is 5. The lowest BCUT2D eigenvalue weighted by molar-refractivity contribution is -0.0424. The van der Waals surface area contributed by atoms with Crippen molar-refractivity contribution in [1.82, 2.24) is 0 Å². The number of ether oxygens (including phenoxy) is 2. The molecule has 0 spiro atoms. The summed E-state index contributed by atoms with van der Waals surface area (Å²) in [6.45, 7) is 2.87. The van der Waals surface area contributed by atoms with Crippen LogP contribution in [0.3, 0.4) is 0 Å². The first kappa shape index (κ1) is 22.8. The molecule has 5 heteroatoms. The molecular formula is C26H30O5. The van der Waals surface area contributed by atoms with Crippen LogP contribution in [0.4, 0.5) is 0 Å². The normalized spacial score (nSPS) is 11.1. The molecule has 0 saturated heterocycles. The van der Waals surface area contributed by atoms with E-state index >= 15 is 0 Å². The minimum Gasteiger partial charge on any atom is -0.493 e. The van der Waals surface area contributed by atoms with Gasteiger partial charge in [-0.2, -0.15) is 0 Å². The van der Waals surface area contributed by atoms with E-state index in [0.717, 1.165) is 29.4 Å². The van der Waals surface area contributed by atoms with Crippen LogP contribution in [0.5, 0.6) is 11.5 Å². The Morgan fingerprint density at radius 1 is 0.839 bits per heavy atom. The molecule has 3 aromatic carbocycles. The molecule has 2 N–H and O–H groups in total. The van der Waals surface area contributed by atoms with E-state index in [1.54, 1.807) is 6.07 Å². The van der Waals surface area contributed by atoms with Crippen molar-refractivity contribution in [3.8, 4) is 11.5 Å². The van der Waals surface area contributed by atoms with E-state index in [0.29, 0.717) is 23.5 Å². The van der Waals surface area contributed by atoms with Crippen LogP contribution in [0.2, 0.25) is 0 Å². The van der Waals surface area contributed by atoms with E-state index in [1.165, 1.54) is 49.9 Å². The maximum Gasteiger partial charge on any atom is 0.344 e. The molecule has 0 bridgehead atoms. The molecule has 0 aliphatic rings. The quantitative estimate of drug-likeness (QED) is 0.177. The van der Waals surface area contributed by atoms with Crippen LogP contribution in [0.1, 0.15) is 67.7 Å². The number of aliphatic hydroxyl groups excluding tert-OH is 1. The molecule has 0 aliphatic carbocycles. The van der Waals surface area contributed by atoms with Gasteiger partial charge in [-0.1, -0.05) is 75.4 Å². The lowest BCUT2D eigenvalue weighted by Gasteiger charge is -2.13. The Labute approximate surface area is 183 Å². The third kappa shape index (κ3) is 6.29. The molecule has 0 heterocycles. The molecule has 3 rings (SSSR count). The summed E-state index contributed by atoms with van der Waals surface area (Å²) in [6, 6.07) is 17.3. The Balaban J connectivity index is 1.68. The van der Waals surface area contributed by atoms with Gasteiger partial charge in [-0.05, 0) is 36.1 Å². The van der Waals surface area contributed by atoms with Gasteiger partial charge in [-0.15, -0.1) is 0 Å². The molecule has 0 aromatic heterocycles. The van der Waals surface area contributed by atoms with E-state index in [2.05, 4.69) is 6.92 Å². The average Bonchev–Trinajstić information content (AvgIpc) is 2.78. The van der Waals surface area contributed by atoms with Crippen molar-refractivity contribution in [3.63, 3.8) is 0 Å². The summed E-state index contributed by atoms with van der Waals surface area (Å²) >= 11 is 0. The van der Waals surface area contributed by atoms with Crippen LogP contribution < -0.4 is 9.47 Å². The van der Waals surface area contributed by atoms with Crippen molar-refractivity contribution in [2.24, 2.45) is 0 Å². The monoisotopic (exact) mass is 422 g/mol. The smallest absolute Gasteiger partial charge is 0.344 e. The Morgan fingerprint density at radius 3 is 2.23 bits per heavy atom. The molecular weight excluding hydrogens is 392 g/mol. The zero-order valence-corrected chi connectivity index (χ0v) is 17.9. The van der Waals surface area contributed by atoms with Gasteiger partial charge in [-0.3, -0.25) is 0 Å². The second-order valence-electron chi connectivity index (χ2n) is 7.61. The minimum atomic E-state index is -1.56. The SMILES string of the molecule is CCCCCCCCOc1ccc(C(=O)Oc2ccc(C(O)O)cc2)c2ccccc12. The Hall–Kier alpha value is -2.89. The molecule has 0 fully saturated rings. The number of rotatable bonds is 11. The van der Waals surface area contributed by atoms with Gasteiger partial charge in [0.25, 0.3) is 0 Å². The zero-order chi connectivity index (χ0) is 22.1. The van der Waals surface area contributed by atoms with Crippen molar-refractivity contribution < 1.29 is 24.5 Å². The summed E-state index contributed by atoms with van der Waals surface area (Å²) < 4.78 is 11.5. The third-order valence-corrected chi connectivity index (χ3v) is 5.25. The summed E-state index contributed by atoms with van der Waals surface area (Å²) in [5.41, 5.74) is 0.783. The number of benzene rings is 3. The lowest BCUT2D eigenvalue weighted by Crippen LogP contribution is -2.10. The fraction of sp³-hybridized carbons (Fsp3) is 0.346. The molecule has 0 amide bonds. The molecule has 164 valence electrons.